The van der Waals surface area contributed by atoms with Crippen LogP contribution in [0.2, 0.25) is 5.02 Å². The Hall–Kier alpha value is -1.47. The molecule has 0 spiro atoms. The van der Waals surface area contributed by atoms with Crippen LogP contribution < -0.4 is 5.32 Å². The average molecular weight is 362 g/mol. The Labute approximate surface area is 143 Å². The number of hydrogen-bond acceptors (Lipinski definition) is 2. The molecule has 2 atom stereocenters. The molecule has 2 heterocycles. The molecule has 4 nitrogen and oxygen atoms in total. The van der Waals surface area contributed by atoms with Crippen molar-refractivity contribution in [3.63, 3.8) is 0 Å². The van der Waals surface area contributed by atoms with Gasteiger partial charge in [-0.2, -0.15) is 13.2 Å². The summed E-state index contributed by atoms with van der Waals surface area (Å²) in [7, 11) is 2.06. The second-order valence-electron chi connectivity index (χ2n) is 6.48. The second-order valence-corrected chi connectivity index (χ2v) is 6.89. The number of rotatable bonds is 1. The summed E-state index contributed by atoms with van der Waals surface area (Å²) >= 11 is 5.60. The second kappa shape index (κ2) is 6.44. The molecule has 8 heteroatoms. The minimum atomic E-state index is -4.55. The van der Waals surface area contributed by atoms with Crippen molar-refractivity contribution in [3.05, 3.63) is 28.8 Å². The molecule has 2 aliphatic heterocycles. The fourth-order valence-corrected chi connectivity index (χ4v) is 3.86. The van der Waals surface area contributed by atoms with Gasteiger partial charge in [0.15, 0.2) is 0 Å². The minimum Gasteiger partial charge on any atom is -0.321 e. The first-order valence-electron chi connectivity index (χ1n) is 7.88. The Balaban J connectivity index is 1.72. The van der Waals surface area contributed by atoms with E-state index in [1.165, 1.54) is 6.07 Å². The summed E-state index contributed by atoms with van der Waals surface area (Å²) in [6.07, 6.45) is -2.73. The SMILES string of the molecule is CN1CC[C@H]2[C@@H](CCN2C(=O)Nc2ccc(Cl)c(C(F)(F)F)c2)C1. The Kier molecular flexibility index (Phi) is 4.66. The maximum Gasteiger partial charge on any atom is 0.417 e. The lowest BCUT2D eigenvalue weighted by atomic mass is 9.93. The molecule has 3 rings (SSSR count). The monoisotopic (exact) mass is 361 g/mol. The van der Waals surface area contributed by atoms with Crippen molar-refractivity contribution >= 4 is 23.3 Å². The molecule has 1 aromatic rings. The Morgan fingerprint density at radius 2 is 2.04 bits per heavy atom. The predicted octanol–water partition coefficient (Wildman–Crippen LogP) is 3.92. The van der Waals surface area contributed by atoms with Gasteiger partial charge in [-0.3, -0.25) is 0 Å². The highest BCUT2D eigenvalue weighted by Gasteiger charge is 2.40. The van der Waals surface area contributed by atoms with E-state index < -0.39 is 11.7 Å². The molecule has 2 aliphatic rings. The highest BCUT2D eigenvalue weighted by atomic mass is 35.5. The number of urea groups is 1. The van der Waals surface area contributed by atoms with Crippen molar-refractivity contribution in [1.82, 2.24) is 9.80 Å². The molecule has 0 unspecified atom stereocenters. The summed E-state index contributed by atoms with van der Waals surface area (Å²) in [6, 6.07) is 3.24. The maximum absolute atomic E-state index is 12.9. The largest absolute Gasteiger partial charge is 0.417 e. The topological polar surface area (TPSA) is 35.6 Å². The standard InChI is InChI=1S/C16H19ClF3N3O/c1-22-6-5-14-10(9-22)4-7-23(14)15(24)21-11-2-3-13(17)12(8-11)16(18,19)20/h2-3,8,10,14H,4-7,9H2,1H3,(H,21,24)/t10-,14-/m0/s1. The zero-order valence-corrected chi connectivity index (χ0v) is 14.0. The number of nitrogens with zero attached hydrogens (tertiary/aromatic N) is 2. The average Bonchev–Trinajstić information content (AvgIpc) is 2.91. The van der Waals surface area contributed by atoms with Crippen molar-refractivity contribution in [3.8, 4) is 0 Å². The van der Waals surface area contributed by atoms with Gasteiger partial charge < -0.3 is 15.1 Å². The number of halogens is 4. The van der Waals surface area contributed by atoms with Crippen molar-refractivity contribution in [2.45, 2.75) is 25.1 Å². The van der Waals surface area contributed by atoms with E-state index in [0.717, 1.165) is 38.1 Å². The van der Waals surface area contributed by atoms with E-state index in [9.17, 15) is 18.0 Å². The molecule has 1 N–H and O–H groups in total. The van der Waals surface area contributed by atoms with Crippen LogP contribution >= 0.6 is 11.6 Å². The van der Waals surface area contributed by atoms with Crippen LogP contribution in [0.1, 0.15) is 18.4 Å². The number of fused-ring (bicyclic) bond motifs is 1. The van der Waals surface area contributed by atoms with Crippen LogP contribution in [0.5, 0.6) is 0 Å². The van der Waals surface area contributed by atoms with E-state index in [1.54, 1.807) is 4.90 Å². The quantitative estimate of drug-likeness (QED) is 0.823. The molecule has 0 aliphatic carbocycles. The predicted molar refractivity (Wildman–Crippen MR) is 86.2 cm³/mol. The van der Waals surface area contributed by atoms with Gasteiger partial charge in [0.1, 0.15) is 0 Å². The van der Waals surface area contributed by atoms with Crippen molar-refractivity contribution < 1.29 is 18.0 Å². The van der Waals surface area contributed by atoms with Crippen LogP contribution in [-0.2, 0) is 6.18 Å². The van der Waals surface area contributed by atoms with Gasteiger partial charge in [-0.1, -0.05) is 11.6 Å². The molecule has 1 aromatic carbocycles. The number of amides is 2. The summed E-state index contributed by atoms with van der Waals surface area (Å²) in [6.45, 7) is 2.51. The molecule has 0 radical (unpaired) electrons. The Morgan fingerprint density at radius 1 is 1.29 bits per heavy atom. The molecule has 2 saturated heterocycles. The Bertz CT molecular complexity index is 637. The highest BCUT2D eigenvalue weighted by molar-refractivity contribution is 6.31. The first-order chi connectivity index (χ1) is 11.3. The number of hydrogen-bond donors (Lipinski definition) is 1. The van der Waals surface area contributed by atoms with Gasteiger partial charge in [0, 0.05) is 24.8 Å². The number of alkyl halides is 3. The number of benzene rings is 1. The third kappa shape index (κ3) is 3.47. The third-order valence-electron chi connectivity index (χ3n) is 4.82. The van der Waals surface area contributed by atoms with Crippen LogP contribution in [-0.4, -0.2) is 48.6 Å². The van der Waals surface area contributed by atoms with Gasteiger partial charge in [-0.05, 0) is 50.6 Å². The van der Waals surface area contributed by atoms with Crippen LogP contribution in [0.4, 0.5) is 23.7 Å². The molecule has 2 fully saturated rings. The van der Waals surface area contributed by atoms with Gasteiger partial charge in [0.2, 0.25) is 0 Å². The van der Waals surface area contributed by atoms with Gasteiger partial charge in [-0.15, -0.1) is 0 Å². The van der Waals surface area contributed by atoms with E-state index in [0.29, 0.717) is 12.5 Å². The smallest absolute Gasteiger partial charge is 0.321 e. The lowest BCUT2D eigenvalue weighted by molar-refractivity contribution is -0.137. The lowest BCUT2D eigenvalue weighted by Gasteiger charge is -2.36. The fourth-order valence-electron chi connectivity index (χ4n) is 3.63. The van der Waals surface area contributed by atoms with Gasteiger partial charge in [0.25, 0.3) is 0 Å². The molecule has 0 bridgehead atoms. The third-order valence-corrected chi connectivity index (χ3v) is 5.15. The van der Waals surface area contributed by atoms with E-state index in [1.807, 2.05) is 0 Å². The molecule has 24 heavy (non-hydrogen) atoms. The maximum atomic E-state index is 12.9. The van der Waals surface area contributed by atoms with Crippen LogP contribution in [0, 0.1) is 5.92 Å². The number of carbonyl (C=O) groups excluding carboxylic acids is 1. The van der Waals surface area contributed by atoms with Crippen molar-refractivity contribution in [2.75, 3.05) is 32.0 Å². The normalized spacial score (nSPS) is 24.8. The first-order valence-corrected chi connectivity index (χ1v) is 8.26. The first kappa shape index (κ1) is 17.4. The van der Waals surface area contributed by atoms with Gasteiger partial charge in [-0.25, -0.2) is 4.79 Å². The summed E-state index contributed by atoms with van der Waals surface area (Å²) in [5, 5.41) is 2.20. The molecule has 2 amide bonds. The minimum absolute atomic E-state index is 0.105. The zero-order valence-electron chi connectivity index (χ0n) is 13.2. The molecule has 0 saturated carbocycles. The summed E-state index contributed by atoms with van der Waals surface area (Å²) in [4.78, 5) is 16.5. The van der Waals surface area contributed by atoms with Gasteiger partial charge in [0.05, 0.1) is 10.6 Å². The lowest BCUT2D eigenvalue weighted by Crippen LogP contribution is -2.47. The number of piperidine rings is 1. The van der Waals surface area contributed by atoms with Gasteiger partial charge >= 0.3 is 12.2 Å². The molecule has 132 valence electrons. The number of carbonyl (C=O) groups is 1. The zero-order chi connectivity index (χ0) is 17.5. The van der Waals surface area contributed by atoms with Crippen molar-refractivity contribution in [1.29, 1.82) is 0 Å². The van der Waals surface area contributed by atoms with Crippen LogP contribution in [0.3, 0.4) is 0 Å². The molecular weight excluding hydrogens is 343 g/mol. The summed E-state index contributed by atoms with van der Waals surface area (Å²) < 4.78 is 38.7. The molecule has 0 aromatic heterocycles. The number of anilines is 1. The number of nitrogens with one attached hydrogen (secondary N) is 1. The van der Waals surface area contributed by atoms with Crippen LogP contribution in [0.25, 0.3) is 0 Å². The van der Waals surface area contributed by atoms with Crippen LogP contribution in [0.15, 0.2) is 18.2 Å². The van der Waals surface area contributed by atoms with E-state index in [4.69, 9.17) is 11.6 Å². The fraction of sp³-hybridized carbons (Fsp3) is 0.562. The highest BCUT2D eigenvalue weighted by Crippen LogP contribution is 2.36. The van der Waals surface area contributed by atoms with Crippen molar-refractivity contribution in [2.24, 2.45) is 5.92 Å². The summed E-state index contributed by atoms with van der Waals surface area (Å²) in [5.74, 6) is 0.436. The van der Waals surface area contributed by atoms with E-state index >= 15 is 0 Å². The molecular formula is C16H19ClF3N3O. The summed E-state index contributed by atoms with van der Waals surface area (Å²) in [5.41, 5.74) is -0.839. The Morgan fingerprint density at radius 3 is 2.75 bits per heavy atom. The number of likely N-dealkylation sites (tertiary alicyclic amines) is 2. The van der Waals surface area contributed by atoms with E-state index in [2.05, 4.69) is 17.3 Å². The van der Waals surface area contributed by atoms with E-state index in [-0.39, 0.29) is 22.8 Å².